The first kappa shape index (κ1) is 21.1. The monoisotopic (exact) mass is 451 g/mol. The Morgan fingerprint density at radius 1 is 1.42 bits per heavy atom. The molecular weight excluding hydrogens is 421 g/mol. The molecule has 0 radical (unpaired) electrons. The minimum Gasteiger partial charge on any atom is -0.381 e. The van der Waals surface area contributed by atoms with Gasteiger partial charge in [-0.2, -0.15) is 4.98 Å². The molecule has 1 N–H and O–H groups in total. The van der Waals surface area contributed by atoms with Crippen molar-refractivity contribution in [3.63, 3.8) is 0 Å². The average molecular weight is 451 g/mol. The van der Waals surface area contributed by atoms with Gasteiger partial charge in [0.15, 0.2) is 11.8 Å². The Morgan fingerprint density at radius 3 is 2.71 bits per heavy atom. The predicted octanol–water partition coefficient (Wildman–Crippen LogP) is 2.42. The maximum Gasteiger partial charge on any atom is 0.232 e. The molecule has 0 spiro atoms. The van der Waals surface area contributed by atoms with Crippen LogP contribution in [0.4, 0.5) is 0 Å². The third kappa shape index (κ3) is 6.19. The molecule has 1 unspecified atom stereocenters. The van der Waals surface area contributed by atoms with E-state index in [0.29, 0.717) is 24.2 Å². The average Bonchev–Trinajstić information content (AvgIpc) is 3.13. The second-order valence-electron chi connectivity index (χ2n) is 7.05. The van der Waals surface area contributed by atoms with Crippen LogP contribution in [0.1, 0.15) is 45.8 Å². The number of hydrogen-bond donors (Lipinski definition) is 1. The quantitative estimate of drug-likeness (QED) is 0.421. The van der Waals surface area contributed by atoms with E-state index >= 15 is 0 Å². The molecule has 2 heterocycles. The highest BCUT2D eigenvalue weighted by molar-refractivity contribution is 14.0. The normalized spacial score (nSPS) is 18.4. The molecule has 1 aliphatic heterocycles. The van der Waals surface area contributed by atoms with E-state index in [4.69, 9.17) is 9.26 Å². The van der Waals surface area contributed by atoms with Gasteiger partial charge in [0.05, 0.1) is 6.61 Å². The van der Waals surface area contributed by atoms with Crippen molar-refractivity contribution in [2.75, 3.05) is 33.4 Å². The van der Waals surface area contributed by atoms with Gasteiger partial charge in [-0.05, 0) is 13.3 Å². The first-order chi connectivity index (χ1) is 10.9. The van der Waals surface area contributed by atoms with Gasteiger partial charge < -0.3 is 19.5 Å². The van der Waals surface area contributed by atoms with Crippen LogP contribution in [-0.4, -0.2) is 54.4 Å². The smallest absolute Gasteiger partial charge is 0.232 e. The van der Waals surface area contributed by atoms with Gasteiger partial charge in [-0.15, -0.1) is 24.0 Å². The number of nitrogens with one attached hydrogen (secondary N) is 1. The number of hydrogen-bond acceptors (Lipinski definition) is 5. The number of guanidine groups is 1. The summed E-state index contributed by atoms with van der Waals surface area (Å²) in [5.74, 6) is 2.69. The molecule has 7 nitrogen and oxygen atoms in total. The Kier molecular flexibility index (Phi) is 8.41. The molecule has 0 aromatic carbocycles. The standard InChI is InChI=1S/C16H29N5O2.HI/c1-6-17-15(21(5)10-12-7-8-22-11-12)18-9-13-19-14(23-20-13)16(2,3)4;/h12H,6-11H2,1-5H3,(H,17,18);1H. The topological polar surface area (TPSA) is 75.8 Å². The van der Waals surface area contributed by atoms with Crippen molar-refractivity contribution in [2.45, 2.75) is 46.1 Å². The number of halogens is 1. The lowest BCUT2D eigenvalue weighted by Gasteiger charge is -2.24. The van der Waals surface area contributed by atoms with Gasteiger partial charge >= 0.3 is 0 Å². The summed E-state index contributed by atoms with van der Waals surface area (Å²) in [6.07, 6.45) is 1.11. The third-order valence-electron chi connectivity index (χ3n) is 3.73. The Morgan fingerprint density at radius 2 is 2.17 bits per heavy atom. The molecule has 2 rings (SSSR count). The van der Waals surface area contributed by atoms with E-state index in [1.807, 2.05) is 0 Å². The Balaban J connectivity index is 0.00000288. The minimum atomic E-state index is -0.140. The minimum absolute atomic E-state index is 0. The zero-order valence-electron chi connectivity index (χ0n) is 15.3. The fourth-order valence-electron chi connectivity index (χ4n) is 2.44. The molecule has 1 aliphatic rings. The lowest BCUT2D eigenvalue weighted by atomic mass is 9.97. The molecule has 0 saturated carbocycles. The van der Waals surface area contributed by atoms with Crippen LogP contribution in [0, 0.1) is 5.92 Å². The maximum atomic E-state index is 5.44. The van der Waals surface area contributed by atoms with E-state index in [2.05, 4.69) is 60.1 Å². The number of nitrogens with zero attached hydrogens (tertiary/aromatic N) is 4. The van der Waals surface area contributed by atoms with Crippen LogP contribution in [0.25, 0.3) is 0 Å². The summed E-state index contributed by atoms with van der Waals surface area (Å²) in [4.78, 5) is 11.2. The molecule has 1 saturated heterocycles. The highest BCUT2D eigenvalue weighted by Gasteiger charge is 2.22. The fraction of sp³-hybridized carbons (Fsp3) is 0.812. The Hall–Kier alpha value is -0.900. The lowest BCUT2D eigenvalue weighted by Crippen LogP contribution is -2.41. The van der Waals surface area contributed by atoms with Crippen molar-refractivity contribution in [1.82, 2.24) is 20.4 Å². The van der Waals surface area contributed by atoms with Crippen molar-refractivity contribution < 1.29 is 9.26 Å². The van der Waals surface area contributed by atoms with Crippen molar-refractivity contribution in [1.29, 1.82) is 0 Å². The van der Waals surface area contributed by atoms with E-state index in [-0.39, 0.29) is 29.4 Å². The van der Waals surface area contributed by atoms with Gasteiger partial charge in [0.25, 0.3) is 0 Å². The van der Waals surface area contributed by atoms with E-state index < -0.39 is 0 Å². The summed E-state index contributed by atoms with van der Waals surface area (Å²) in [5.41, 5.74) is -0.140. The van der Waals surface area contributed by atoms with E-state index in [1.54, 1.807) is 0 Å². The molecule has 1 aromatic heterocycles. The highest BCUT2D eigenvalue weighted by atomic mass is 127. The summed E-state index contributed by atoms with van der Waals surface area (Å²) in [6.45, 7) is 12.1. The second kappa shape index (κ2) is 9.55. The van der Waals surface area contributed by atoms with Crippen molar-refractivity contribution >= 4 is 29.9 Å². The van der Waals surface area contributed by atoms with Crippen LogP contribution in [-0.2, 0) is 16.7 Å². The van der Waals surface area contributed by atoms with Gasteiger partial charge in [0.1, 0.15) is 6.54 Å². The molecular formula is C16H30IN5O2. The summed E-state index contributed by atoms with van der Waals surface area (Å²) in [6, 6.07) is 0. The molecule has 1 fully saturated rings. The van der Waals surface area contributed by atoms with Crippen molar-refractivity contribution in [3.8, 4) is 0 Å². The van der Waals surface area contributed by atoms with E-state index in [1.165, 1.54) is 0 Å². The number of aromatic nitrogens is 2. The van der Waals surface area contributed by atoms with Crippen LogP contribution in [0.3, 0.4) is 0 Å². The molecule has 8 heteroatoms. The zero-order chi connectivity index (χ0) is 16.9. The third-order valence-corrected chi connectivity index (χ3v) is 3.73. The van der Waals surface area contributed by atoms with Crippen LogP contribution in [0.5, 0.6) is 0 Å². The van der Waals surface area contributed by atoms with Gasteiger partial charge in [-0.25, -0.2) is 4.99 Å². The first-order valence-corrected chi connectivity index (χ1v) is 8.30. The SMILES string of the molecule is CCNC(=NCc1noc(C(C)(C)C)n1)N(C)CC1CCOC1.I. The fourth-order valence-corrected chi connectivity index (χ4v) is 2.44. The number of ether oxygens (including phenoxy) is 1. The number of aliphatic imine (C=N–C) groups is 1. The highest BCUT2D eigenvalue weighted by Crippen LogP contribution is 2.19. The maximum absolute atomic E-state index is 5.44. The summed E-state index contributed by atoms with van der Waals surface area (Å²) in [5, 5.41) is 7.33. The van der Waals surface area contributed by atoms with Crippen molar-refractivity contribution in [3.05, 3.63) is 11.7 Å². The summed E-state index contributed by atoms with van der Waals surface area (Å²) >= 11 is 0. The molecule has 0 bridgehead atoms. The molecule has 1 atom stereocenters. The number of rotatable bonds is 5. The van der Waals surface area contributed by atoms with Crippen LogP contribution in [0.15, 0.2) is 9.52 Å². The largest absolute Gasteiger partial charge is 0.381 e. The lowest BCUT2D eigenvalue weighted by molar-refractivity contribution is 0.181. The van der Waals surface area contributed by atoms with Crippen LogP contribution in [0.2, 0.25) is 0 Å². The molecule has 0 aliphatic carbocycles. The first-order valence-electron chi connectivity index (χ1n) is 8.30. The van der Waals surface area contributed by atoms with Crippen LogP contribution >= 0.6 is 24.0 Å². The summed E-state index contributed by atoms with van der Waals surface area (Å²) in [7, 11) is 2.05. The van der Waals surface area contributed by atoms with E-state index in [9.17, 15) is 0 Å². The second-order valence-corrected chi connectivity index (χ2v) is 7.05. The zero-order valence-corrected chi connectivity index (χ0v) is 17.7. The van der Waals surface area contributed by atoms with Gasteiger partial charge in [0.2, 0.25) is 5.89 Å². The summed E-state index contributed by atoms with van der Waals surface area (Å²) < 4.78 is 10.8. The van der Waals surface area contributed by atoms with Gasteiger partial charge in [-0.1, -0.05) is 25.9 Å². The Bertz CT molecular complexity index is 521. The van der Waals surface area contributed by atoms with Gasteiger partial charge in [0, 0.05) is 38.1 Å². The predicted molar refractivity (Wildman–Crippen MR) is 105 cm³/mol. The van der Waals surface area contributed by atoms with Crippen molar-refractivity contribution in [2.24, 2.45) is 10.9 Å². The molecule has 138 valence electrons. The van der Waals surface area contributed by atoms with E-state index in [0.717, 1.165) is 38.7 Å². The Labute approximate surface area is 161 Å². The molecule has 24 heavy (non-hydrogen) atoms. The van der Waals surface area contributed by atoms with Crippen LogP contribution < -0.4 is 5.32 Å². The molecule has 0 amide bonds. The molecule has 1 aromatic rings. The van der Waals surface area contributed by atoms with Gasteiger partial charge in [-0.3, -0.25) is 0 Å².